The number of nitrogens with zero attached hydrogens (tertiary/aromatic N) is 2. The van der Waals surface area contributed by atoms with Gasteiger partial charge in [0.05, 0.1) is 5.37 Å². The SMILES string of the molecule is CC1SCC(C(=O)O)N1C(=O)c1cc(Cl)nc(Cl)c1. The summed E-state index contributed by atoms with van der Waals surface area (Å²) in [7, 11) is 0. The van der Waals surface area contributed by atoms with E-state index in [-0.39, 0.29) is 21.2 Å². The highest BCUT2D eigenvalue weighted by Crippen LogP contribution is 2.31. The second kappa shape index (κ2) is 5.56. The van der Waals surface area contributed by atoms with Crippen LogP contribution in [-0.2, 0) is 4.79 Å². The number of hydrogen-bond acceptors (Lipinski definition) is 4. The number of halogens is 2. The summed E-state index contributed by atoms with van der Waals surface area (Å²) in [6, 6.07) is 1.92. The molecule has 1 amide bonds. The van der Waals surface area contributed by atoms with Gasteiger partial charge in [0.1, 0.15) is 16.3 Å². The van der Waals surface area contributed by atoms with Crippen molar-refractivity contribution >= 4 is 46.8 Å². The van der Waals surface area contributed by atoms with Crippen molar-refractivity contribution in [1.82, 2.24) is 9.88 Å². The van der Waals surface area contributed by atoms with Crippen molar-refractivity contribution in [3.63, 3.8) is 0 Å². The maximum Gasteiger partial charge on any atom is 0.327 e. The molecule has 2 atom stereocenters. The fourth-order valence-corrected chi connectivity index (χ4v) is 3.51. The van der Waals surface area contributed by atoms with Gasteiger partial charge in [0.2, 0.25) is 0 Å². The van der Waals surface area contributed by atoms with Crippen molar-refractivity contribution in [2.75, 3.05) is 5.75 Å². The average Bonchev–Trinajstić information content (AvgIpc) is 2.69. The summed E-state index contributed by atoms with van der Waals surface area (Å²) in [5.74, 6) is -1.05. The van der Waals surface area contributed by atoms with Crippen LogP contribution in [0.4, 0.5) is 0 Å². The zero-order valence-corrected chi connectivity index (χ0v) is 12.2. The molecule has 2 rings (SSSR count). The Bertz CT molecular complexity index is 520. The number of thioether (sulfide) groups is 1. The highest BCUT2D eigenvalue weighted by atomic mass is 35.5. The summed E-state index contributed by atoms with van der Waals surface area (Å²) < 4.78 is 0. The van der Waals surface area contributed by atoms with Crippen LogP contribution in [0.5, 0.6) is 0 Å². The van der Waals surface area contributed by atoms with E-state index in [1.165, 1.54) is 28.8 Å². The Labute approximate surface area is 123 Å². The largest absolute Gasteiger partial charge is 0.480 e. The molecule has 0 saturated carbocycles. The van der Waals surface area contributed by atoms with E-state index in [2.05, 4.69) is 4.98 Å². The lowest BCUT2D eigenvalue weighted by Crippen LogP contribution is -2.44. The highest BCUT2D eigenvalue weighted by Gasteiger charge is 2.39. The third kappa shape index (κ3) is 2.96. The Hall–Kier alpha value is -0.980. The molecule has 1 N–H and O–H groups in total. The molecule has 0 bridgehead atoms. The first-order chi connectivity index (χ1) is 8.90. The van der Waals surface area contributed by atoms with Crippen LogP contribution in [0.3, 0.4) is 0 Å². The van der Waals surface area contributed by atoms with Gasteiger partial charge in [-0.15, -0.1) is 11.8 Å². The van der Waals surface area contributed by atoms with E-state index in [9.17, 15) is 9.59 Å². The van der Waals surface area contributed by atoms with Crippen LogP contribution >= 0.6 is 35.0 Å². The summed E-state index contributed by atoms with van der Waals surface area (Å²) in [5.41, 5.74) is 0.241. The van der Waals surface area contributed by atoms with Crippen LogP contribution in [0, 0.1) is 0 Å². The third-order valence-corrected chi connectivity index (χ3v) is 4.36. The topological polar surface area (TPSA) is 70.5 Å². The maximum absolute atomic E-state index is 12.4. The molecule has 1 aliphatic heterocycles. The van der Waals surface area contributed by atoms with Crippen molar-refractivity contribution < 1.29 is 14.7 Å². The van der Waals surface area contributed by atoms with E-state index in [0.717, 1.165) is 0 Å². The van der Waals surface area contributed by atoms with Gasteiger partial charge >= 0.3 is 5.97 Å². The van der Waals surface area contributed by atoms with Crippen LogP contribution in [-0.4, -0.2) is 44.0 Å². The van der Waals surface area contributed by atoms with Gasteiger partial charge in [-0.1, -0.05) is 23.2 Å². The Morgan fingerprint density at radius 1 is 1.42 bits per heavy atom. The molecule has 102 valence electrons. The molecule has 1 aliphatic rings. The fourth-order valence-electron chi connectivity index (χ4n) is 1.88. The monoisotopic (exact) mass is 320 g/mol. The lowest BCUT2D eigenvalue weighted by molar-refractivity contribution is -0.141. The normalized spacial score (nSPS) is 22.6. The molecule has 0 aromatic carbocycles. The minimum absolute atomic E-state index is 0.0993. The molecule has 1 aromatic rings. The van der Waals surface area contributed by atoms with E-state index < -0.39 is 17.9 Å². The predicted octanol–water partition coefficient (Wildman–Crippen LogP) is 2.38. The quantitative estimate of drug-likeness (QED) is 0.847. The van der Waals surface area contributed by atoms with Crippen molar-refractivity contribution in [2.24, 2.45) is 0 Å². The number of pyridine rings is 1. The molecule has 1 saturated heterocycles. The fraction of sp³-hybridized carbons (Fsp3) is 0.364. The number of aromatic nitrogens is 1. The van der Waals surface area contributed by atoms with Crippen molar-refractivity contribution in [3.8, 4) is 0 Å². The number of carbonyl (C=O) groups excluding carboxylic acids is 1. The van der Waals surface area contributed by atoms with Crippen LogP contribution in [0.2, 0.25) is 10.3 Å². The lowest BCUT2D eigenvalue weighted by Gasteiger charge is -2.25. The van der Waals surface area contributed by atoms with E-state index >= 15 is 0 Å². The number of rotatable bonds is 2. The second-order valence-corrected chi connectivity index (χ2v) is 6.12. The molecule has 1 aromatic heterocycles. The summed E-state index contributed by atoms with van der Waals surface area (Å²) in [6.07, 6.45) is 0. The van der Waals surface area contributed by atoms with E-state index in [4.69, 9.17) is 28.3 Å². The summed E-state index contributed by atoms with van der Waals surface area (Å²) >= 11 is 12.9. The molecule has 8 heteroatoms. The molecule has 0 radical (unpaired) electrons. The number of carboxylic acid groups (broad SMARTS) is 1. The number of aliphatic carboxylic acids is 1. The zero-order chi connectivity index (χ0) is 14.2. The first-order valence-corrected chi connectivity index (χ1v) is 7.21. The van der Waals surface area contributed by atoms with Gasteiger partial charge in [-0.25, -0.2) is 9.78 Å². The first-order valence-electron chi connectivity index (χ1n) is 5.40. The molecular weight excluding hydrogens is 311 g/mol. The highest BCUT2D eigenvalue weighted by molar-refractivity contribution is 8.00. The molecule has 2 heterocycles. The Morgan fingerprint density at radius 3 is 2.53 bits per heavy atom. The van der Waals surface area contributed by atoms with Crippen LogP contribution in [0.1, 0.15) is 17.3 Å². The van der Waals surface area contributed by atoms with Crippen LogP contribution in [0.15, 0.2) is 12.1 Å². The van der Waals surface area contributed by atoms with E-state index in [1.807, 2.05) is 0 Å². The van der Waals surface area contributed by atoms with Crippen LogP contribution < -0.4 is 0 Å². The van der Waals surface area contributed by atoms with Gasteiger partial charge in [0.25, 0.3) is 5.91 Å². The van der Waals surface area contributed by atoms with Gasteiger partial charge in [0.15, 0.2) is 0 Å². The minimum Gasteiger partial charge on any atom is -0.480 e. The van der Waals surface area contributed by atoms with Gasteiger partial charge in [-0.05, 0) is 19.1 Å². The second-order valence-electron chi connectivity index (χ2n) is 4.00. The van der Waals surface area contributed by atoms with Gasteiger partial charge in [0, 0.05) is 11.3 Å². The van der Waals surface area contributed by atoms with E-state index in [0.29, 0.717) is 5.75 Å². The molecule has 0 spiro atoms. The third-order valence-electron chi connectivity index (χ3n) is 2.75. The molecule has 19 heavy (non-hydrogen) atoms. The standard InChI is InChI=1S/C11H10Cl2N2O3S/c1-5-15(7(4-19-5)11(17)18)10(16)6-2-8(12)14-9(13)3-6/h2-3,5,7H,4H2,1H3,(H,17,18). The molecular formula is C11H10Cl2N2O3S. The maximum atomic E-state index is 12.4. The Balaban J connectivity index is 2.34. The molecule has 5 nitrogen and oxygen atoms in total. The summed E-state index contributed by atoms with van der Waals surface area (Å²) in [6.45, 7) is 1.79. The van der Waals surface area contributed by atoms with Crippen molar-refractivity contribution in [3.05, 3.63) is 28.0 Å². The molecule has 2 unspecified atom stereocenters. The number of carboxylic acids is 1. The molecule has 1 fully saturated rings. The number of carbonyl (C=O) groups is 2. The molecule has 0 aliphatic carbocycles. The zero-order valence-electron chi connectivity index (χ0n) is 9.84. The smallest absolute Gasteiger partial charge is 0.327 e. The van der Waals surface area contributed by atoms with Gasteiger partial charge in [-0.2, -0.15) is 0 Å². The Morgan fingerprint density at radius 2 is 2.00 bits per heavy atom. The average molecular weight is 321 g/mol. The number of amides is 1. The van der Waals surface area contributed by atoms with Crippen molar-refractivity contribution in [1.29, 1.82) is 0 Å². The van der Waals surface area contributed by atoms with Crippen molar-refractivity contribution in [2.45, 2.75) is 18.3 Å². The van der Waals surface area contributed by atoms with Gasteiger partial charge in [-0.3, -0.25) is 4.79 Å². The predicted molar refractivity (Wildman–Crippen MR) is 73.8 cm³/mol. The van der Waals surface area contributed by atoms with Crippen LogP contribution in [0.25, 0.3) is 0 Å². The van der Waals surface area contributed by atoms with Gasteiger partial charge < -0.3 is 10.0 Å². The number of hydrogen-bond donors (Lipinski definition) is 1. The summed E-state index contributed by atoms with van der Waals surface area (Å²) in [4.78, 5) is 28.6. The summed E-state index contributed by atoms with van der Waals surface area (Å²) in [5, 5.41) is 9.12. The van der Waals surface area contributed by atoms with E-state index in [1.54, 1.807) is 6.92 Å². The minimum atomic E-state index is -1.02. The first kappa shape index (κ1) is 14.4. The Kier molecular flexibility index (Phi) is 4.23. The lowest BCUT2D eigenvalue weighted by atomic mass is 10.2.